The highest BCUT2D eigenvalue weighted by Crippen LogP contribution is 2.70. The van der Waals surface area contributed by atoms with E-state index in [9.17, 15) is 5.26 Å². The normalized spacial score (nSPS) is 49.0. The number of alkyl halides is 2. The van der Waals surface area contributed by atoms with Gasteiger partial charge in [0.05, 0.1) is 6.07 Å². The van der Waals surface area contributed by atoms with Gasteiger partial charge in [-0.05, 0) is 104 Å². The summed E-state index contributed by atoms with van der Waals surface area (Å²) < 4.78 is 0. The van der Waals surface area contributed by atoms with E-state index < -0.39 is 5.38 Å². The van der Waals surface area contributed by atoms with E-state index in [1.807, 2.05) is 0 Å². The molecule has 0 aromatic rings. The minimum absolute atomic E-state index is 0.00488. The SMILES string of the molecule is CC(C)CCC[C@@H](C)[C@H]1CC[C@H]2[C@@H]3CCC4C[C@](C)(C(Cl)C#N)C(Cl)C[C@]4(C)[C@H]3CC[C@]12C. The van der Waals surface area contributed by atoms with Crippen molar-refractivity contribution in [3.8, 4) is 6.07 Å². The van der Waals surface area contributed by atoms with Crippen LogP contribution in [0.3, 0.4) is 0 Å². The predicted molar refractivity (Wildman–Crippen MR) is 141 cm³/mol. The van der Waals surface area contributed by atoms with Crippen LogP contribution in [0.15, 0.2) is 0 Å². The highest BCUT2D eigenvalue weighted by Gasteiger charge is 2.63. The summed E-state index contributed by atoms with van der Waals surface area (Å²) >= 11 is 13.6. The van der Waals surface area contributed by atoms with Gasteiger partial charge in [0, 0.05) is 10.8 Å². The summed E-state index contributed by atoms with van der Waals surface area (Å²) in [6.07, 6.45) is 14.7. The molecule has 188 valence electrons. The Bertz CT molecular complexity index is 744. The molecule has 1 nitrogen and oxygen atoms in total. The zero-order valence-corrected chi connectivity index (χ0v) is 23.7. The number of halogens is 2. The van der Waals surface area contributed by atoms with Crippen LogP contribution in [-0.4, -0.2) is 10.8 Å². The third-order valence-electron chi connectivity index (χ3n) is 12.0. The van der Waals surface area contributed by atoms with E-state index in [0.717, 1.165) is 48.3 Å². The summed E-state index contributed by atoms with van der Waals surface area (Å²) in [4.78, 5) is 0. The van der Waals surface area contributed by atoms with Gasteiger partial charge in [-0.15, -0.1) is 23.2 Å². The molecule has 11 atom stereocenters. The van der Waals surface area contributed by atoms with Crippen LogP contribution >= 0.6 is 23.2 Å². The number of fused-ring (bicyclic) bond motifs is 5. The summed E-state index contributed by atoms with van der Waals surface area (Å²) in [5, 5.41) is 9.08. The summed E-state index contributed by atoms with van der Waals surface area (Å²) in [6, 6.07) is 2.32. The molecular formula is C30H49Cl2N. The lowest BCUT2D eigenvalue weighted by atomic mass is 9.42. The van der Waals surface area contributed by atoms with Gasteiger partial charge in [-0.3, -0.25) is 0 Å². The molecule has 0 aliphatic heterocycles. The molecule has 33 heavy (non-hydrogen) atoms. The van der Waals surface area contributed by atoms with Gasteiger partial charge >= 0.3 is 0 Å². The van der Waals surface area contributed by atoms with E-state index >= 15 is 0 Å². The van der Waals surface area contributed by atoms with Gasteiger partial charge in [0.15, 0.2) is 0 Å². The van der Waals surface area contributed by atoms with E-state index in [0.29, 0.717) is 16.7 Å². The molecule has 0 heterocycles. The quantitative estimate of drug-likeness (QED) is 0.337. The Kier molecular flexibility index (Phi) is 7.53. The number of hydrogen-bond donors (Lipinski definition) is 0. The Morgan fingerprint density at radius 3 is 2.27 bits per heavy atom. The van der Waals surface area contributed by atoms with Gasteiger partial charge in [0.2, 0.25) is 0 Å². The van der Waals surface area contributed by atoms with Crippen LogP contribution in [0.5, 0.6) is 0 Å². The molecule has 4 saturated carbocycles. The highest BCUT2D eigenvalue weighted by atomic mass is 35.5. The van der Waals surface area contributed by atoms with Crippen LogP contribution in [0.4, 0.5) is 0 Å². The lowest BCUT2D eigenvalue weighted by Crippen LogP contribution is -2.58. The molecule has 0 amide bonds. The fraction of sp³-hybridized carbons (Fsp3) is 0.967. The van der Waals surface area contributed by atoms with Crippen molar-refractivity contribution in [1.29, 1.82) is 5.26 Å². The molecule has 0 aromatic carbocycles. The summed E-state index contributed by atoms with van der Waals surface area (Å²) in [5.74, 6) is 5.90. The summed E-state index contributed by atoms with van der Waals surface area (Å²) in [6.45, 7) is 14.7. The van der Waals surface area contributed by atoms with Crippen molar-refractivity contribution in [3.05, 3.63) is 0 Å². The Hall–Kier alpha value is 0.0700. The molecule has 3 heteroatoms. The number of nitrogens with zero attached hydrogens (tertiary/aromatic N) is 1. The van der Waals surface area contributed by atoms with E-state index in [1.165, 1.54) is 57.8 Å². The third kappa shape index (κ3) is 4.31. The molecule has 4 rings (SSSR count). The number of hydrogen-bond acceptors (Lipinski definition) is 1. The highest BCUT2D eigenvalue weighted by molar-refractivity contribution is 6.25. The second-order valence-electron chi connectivity index (χ2n) is 14.1. The lowest BCUT2D eigenvalue weighted by Gasteiger charge is -2.63. The zero-order valence-electron chi connectivity index (χ0n) is 22.2. The van der Waals surface area contributed by atoms with Crippen molar-refractivity contribution in [2.24, 2.45) is 57.7 Å². The van der Waals surface area contributed by atoms with E-state index in [-0.39, 0.29) is 10.8 Å². The van der Waals surface area contributed by atoms with Crippen LogP contribution < -0.4 is 0 Å². The molecule has 4 aliphatic carbocycles. The van der Waals surface area contributed by atoms with Gasteiger partial charge in [-0.1, -0.05) is 60.8 Å². The first-order valence-electron chi connectivity index (χ1n) is 14.1. The smallest absolute Gasteiger partial charge is 0.127 e. The Labute approximate surface area is 214 Å². The molecule has 0 bridgehead atoms. The van der Waals surface area contributed by atoms with Crippen molar-refractivity contribution in [1.82, 2.24) is 0 Å². The Morgan fingerprint density at radius 1 is 0.909 bits per heavy atom. The van der Waals surface area contributed by atoms with E-state index in [4.69, 9.17) is 23.2 Å². The predicted octanol–water partition coefficient (Wildman–Crippen LogP) is 9.46. The second-order valence-corrected chi connectivity index (χ2v) is 15.0. The zero-order chi connectivity index (χ0) is 24.2. The standard InChI is InChI=1S/C30H49Cl2N/c1-19(2)8-7-9-20(3)23-12-13-24-22-11-10-21-16-30(6,27(32)18-33)26(31)17-29(21,5)25(22)14-15-28(23,24)4/h19-27H,7-17H2,1-6H3/t20-,21?,22+,23-,24+,25+,26?,27?,28-,29+,30+/m1/s1. The first kappa shape index (κ1) is 26.1. The van der Waals surface area contributed by atoms with E-state index in [1.54, 1.807) is 0 Å². The summed E-state index contributed by atoms with van der Waals surface area (Å²) in [7, 11) is 0. The first-order valence-corrected chi connectivity index (χ1v) is 15.0. The Balaban J connectivity index is 1.49. The number of rotatable bonds is 6. The molecule has 0 N–H and O–H groups in total. The van der Waals surface area contributed by atoms with Crippen LogP contribution in [-0.2, 0) is 0 Å². The molecule has 0 saturated heterocycles. The fourth-order valence-electron chi connectivity index (χ4n) is 9.90. The van der Waals surface area contributed by atoms with E-state index in [2.05, 4.69) is 47.6 Å². The monoisotopic (exact) mass is 493 g/mol. The van der Waals surface area contributed by atoms with Crippen LogP contribution in [0.1, 0.15) is 112 Å². The second kappa shape index (κ2) is 9.51. The average Bonchev–Trinajstić information content (AvgIpc) is 3.11. The first-order chi connectivity index (χ1) is 15.5. The minimum Gasteiger partial charge on any atom is -0.197 e. The van der Waals surface area contributed by atoms with Gasteiger partial charge in [0.25, 0.3) is 0 Å². The lowest BCUT2D eigenvalue weighted by molar-refractivity contribution is -0.129. The van der Waals surface area contributed by atoms with Crippen molar-refractivity contribution < 1.29 is 0 Å². The maximum Gasteiger partial charge on any atom is 0.127 e. The maximum absolute atomic E-state index is 9.56. The molecule has 0 aromatic heterocycles. The maximum atomic E-state index is 9.56. The van der Waals surface area contributed by atoms with Crippen molar-refractivity contribution in [2.75, 3.05) is 0 Å². The topological polar surface area (TPSA) is 23.8 Å². The largest absolute Gasteiger partial charge is 0.197 e. The molecule has 3 unspecified atom stereocenters. The van der Waals surface area contributed by atoms with Crippen LogP contribution in [0.25, 0.3) is 0 Å². The van der Waals surface area contributed by atoms with Crippen molar-refractivity contribution in [3.63, 3.8) is 0 Å². The van der Waals surface area contributed by atoms with Crippen LogP contribution in [0.2, 0.25) is 0 Å². The van der Waals surface area contributed by atoms with Crippen molar-refractivity contribution in [2.45, 2.75) is 123 Å². The molecule has 0 spiro atoms. The van der Waals surface area contributed by atoms with Gasteiger partial charge in [0.1, 0.15) is 5.38 Å². The molecular weight excluding hydrogens is 445 g/mol. The molecule has 0 radical (unpaired) electrons. The number of nitriles is 1. The minimum atomic E-state index is -0.482. The van der Waals surface area contributed by atoms with Gasteiger partial charge in [-0.25, -0.2) is 0 Å². The summed E-state index contributed by atoms with van der Waals surface area (Å²) in [5.41, 5.74) is 0.609. The van der Waals surface area contributed by atoms with Crippen molar-refractivity contribution >= 4 is 23.2 Å². The average molecular weight is 495 g/mol. The molecule has 4 aliphatic rings. The third-order valence-corrected chi connectivity index (χ3v) is 13.2. The van der Waals surface area contributed by atoms with Gasteiger partial charge < -0.3 is 0 Å². The Morgan fingerprint density at radius 2 is 1.61 bits per heavy atom. The van der Waals surface area contributed by atoms with Gasteiger partial charge in [-0.2, -0.15) is 5.26 Å². The molecule has 4 fully saturated rings. The van der Waals surface area contributed by atoms with Crippen LogP contribution in [0, 0.1) is 69.0 Å². The fourth-order valence-corrected chi connectivity index (χ4v) is 10.8.